The molecule has 2 aromatic rings. The Morgan fingerprint density at radius 3 is 2.48 bits per heavy atom. The van der Waals surface area contributed by atoms with Gasteiger partial charge >= 0.3 is 0 Å². The summed E-state index contributed by atoms with van der Waals surface area (Å²) >= 11 is 0. The van der Waals surface area contributed by atoms with Crippen molar-refractivity contribution in [2.24, 2.45) is 0 Å². The van der Waals surface area contributed by atoms with Crippen molar-refractivity contribution in [2.75, 3.05) is 13.6 Å². The second-order valence-corrected chi connectivity index (χ2v) is 5.45. The van der Waals surface area contributed by atoms with Crippen molar-refractivity contribution in [3.05, 3.63) is 30.0 Å². The zero-order chi connectivity index (χ0) is 18.3. The van der Waals surface area contributed by atoms with Crippen LogP contribution in [0.3, 0.4) is 0 Å². The standard InChI is InChI=1S/C17H26N2O.ClH/c1-12(2)19(13(3)4)9-8-14-11-18-17-7-6-15(20-5)10-16(14)17;/h6-7,10-13,18H,8-9H2,1-5H3;1H/i8D2,9D2;. The van der Waals surface area contributed by atoms with Crippen molar-refractivity contribution in [1.82, 2.24) is 9.88 Å². The van der Waals surface area contributed by atoms with Gasteiger partial charge in [-0.1, -0.05) is 0 Å². The number of aryl methyl sites for hydroxylation is 1. The number of hydrogen-bond acceptors (Lipinski definition) is 2. The Hall–Kier alpha value is -1.19. The van der Waals surface area contributed by atoms with Gasteiger partial charge in [-0.15, -0.1) is 12.4 Å². The zero-order valence-electron chi connectivity index (χ0n) is 17.2. The number of ether oxygens (including phenoxy) is 1. The molecule has 0 aliphatic rings. The van der Waals surface area contributed by atoms with Gasteiger partial charge in [-0.2, -0.15) is 0 Å². The van der Waals surface area contributed by atoms with Crippen LogP contribution in [-0.2, 0) is 6.37 Å². The monoisotopic (exact) mass is 314 g/mol. The van der Waals surface area contributed by atoms with Crippen LogP contribution in [0.2, 0.25) is 0 Å². The highest BCUT2D eigenvalue weighted by Gasteiger charge is 2.14. The largest absolute Gasteiger partial charge is 0.497 e. The third kappa shape index (κ3) is 4.14. The van der Waals surface area contributed by atoms with Crippen molar-refractivity contribution in [2.45, 2.75) is 46.2 Å². The SMILES string of the molecule is Cl.[2H]C([2H])(c1c[nH]c2ccc(OC)cc12)C([2H])([2H])N(C(C)C)C(C)C. The van der Waals surface area contributed by atoms with E-state index in [1.54, 1.807) is 30.3 Å². The number of fused-ring (bicyclic) bond motifs is 1. The van der Waals surface area contributed by atoms with Gasteiger partial charge in [0, 0.05) is 41.2 Å². The predicted molar refractivity (Wildman–Crippen MR) is 92.8 cm³/mol. The molecular weight excluding hydrogens is 284 g/mol. The molecule has 0 amide bonds. The Bertz CT molecular complexity index is 708. The lowest BCUT2D eigenvalue weighted by Crippen LogP contribution is -2.38. The van der Waals surface area contributed by atoms with Crippen LogP contribution in [0.4, 0.5) is 0 Å². The van der Waals surface area contributed by atoms with Gasteiger partial charge in [0.05, 0.1) is 7.11 Å². The van der Waals surface area contributed by atoms with Gasteiger partial charge in [0.1, 0.15) is 5.75 Å². The summed E-state index contributed by atoms with van der Waals surface area (Å²) in [7, 11) is 1.56. The molecule has 0 aliphatic carbocycles. The molecule has 1 aromatic carbocycles. The van der Waals surface area contributed by atoms with Gasteiger partial charge in [-0.25, -0.2) is 0 Å². The molecule has 4 heteroatoms. The zero-order valence-corrected chi connectivity index (χ0v) is 14.0. The minimum atomic E-state index is -2.20. The quantitative estimate of drug-likeness (QED) is 0.863. The van der Waals surface area contributed by atoms with Crippen LogP contribution in [0, 0.1) is 0 Å². The summed E-state index contributed by atoms with van der Waals surface area (Å²) in [5.41, 5.74) is 1.05. The maximum Gasteiger partial charge on any atom is 0.119 e. The fourth-order valence-corrected chi connectivity index (χ4v) is 2.31. The minimum Gasteiger partial charge on any atom is -0.497 e. The van der Waals surface area contributed by atoms with E-state index >= 15 is 0 Å². The lowest BCUT2D eigenvalue weighted by molar-refractivity contribution is 0.177. The summed E-state index contributed by atoms with van der Waals surface area (Å²) in [5.74, 6) is 0.615. The van der Waals surface area contributed by atoms with Gasteiger partial charge < -0.3 is 9.72 Å². The first-order valence-corrected chi connectivity index (χ1v) is 6.98. The van der Waals surface area contributed by atoms with E-state index in [-0.39, 0.29) is 24.5 Å². The topological polar surface area (TPSA) is 28.3 Å². The Morgan fingerprint density at radius 1 is 1.24 bits per heavy atom. The molecule has 0 radical (unpaired) electrons. The number of nitrogens with zero attached hydrogens (tertiary/aromatic N) is 1. The normalized spacial score (nSPS) is 15.6. The summed E-state index contributed by atoms with van der Waals surface area (Å²) in [4.78, 5) is 4.61. The number of H-pyrrole nitrogens is 1. The van der Waals surface area contributed by atoms with Gasteiger partial charge in [0.15, 0.2) is 0 Å². The van der Waals surface area contributed by atoms with Crippen molar-refractivity contribution in [3.8, 4) is 5.75 Å². The maximum atomic E-state index is 8.60. The average Bonchev–Trinajstić information content (AvgIpc) is 2.88. The van der Waals surface area contributed by atoms with Crippen molar-refractivity contribution >= 4 is 23.3 Å². The summed E-state index contributed by atoms with van der Waals surface area (Å²) in [6.45, 7) is 5.35. The number of aromatic nitrogens is 1. The smallest absolute Gasteiger partial charge is 0.119 e. The van der Waals surface area contributed by atoms with Crippen LogP contribution >= 0.6 is 12.4 Å². The third-order valence-corrected chi connectivity index (χ3v) is 3.32. The van der Waals surface area contributed by atoms with Gasteiger partial charge in [0.25, 0.3) is 0 Å². The van der Waals surface area contributed by atoms with E-state index in [4.69, 9.17) is 10.2 Å². The van der Waals surface area contributed by atoms with Crippen molar-refractivity contribution in [3.63, 3.8) is 0 Å². The summed E-state index contributed by atoms with van der Waals surface area (Å²) in [6, 6.07) is 5.09. The molecule has 1 N–H and O–H groups in total. The molecule has 0 atom stereocenters. The highest BCUT2D eigenvalue weighted by Crippen LogP contribution is 2.24. The predicted octanol–water partition coefficient (Wildman–Crippen LogP) is 4.26. The van der Waals surface area contributed by atoms with E-state index in [0.717, 1.165) is 5.52 Å². The number of methoxy groups -OCH3 is 1. The van der Waals surface area contributed by atoms with E-state index in [2.05, 4.69) is 4.98 Å². The van der Waals surface area contributed by atoms with E-state index in [9.17, 15) is 0 Å². The van der Waals surface area contributed by atoms with Crippen molar-refractivity contribution < 1.29 is 10.2 Å². The Kier molecular flexibility index (Phi) is 4.54. The summed E-state index contributed by atoms with van der Waals surface area (Å²) < 4.78 is 39.6. The van der Waals surface area contributed by atoms with Crippen LogP contribution in [-0.4, -0.2) is 35.6 Å². The number of rotatable bonds is 6. The molecular formula is C17H27ClN2O. The molecule has 1 aromatic heterocycles. The van der Waals surface area contributed by atoms with Crippen LogP contribution < -0.4 is 4.74 Å². The molecule has 118 valence electrons. The number of aromatic amines is 1. The molecule has 2 rings (SSSR count). The highest BCUT2D eigenvalue weighted by atomic mass is 35.5. The first-order chi connectivity index (χ1) is 11.0. The van der Waals surface area contributed by atoms with E-state index < -0.39 is 12.9 Å². The maximum absolute atomic E-state index is 8.60. The molecule has 21 heavy (non-hydrogen) atoms. The first kappa shape index (κ1) is 12.4. The summed E-state index contributed by atoms with van der Waals surface area (Å²) in [5, 5.41) is 0.635. The van der Waals surface area contributed by atoms with Gasteiger partial charge in [0.2, 0.25) is 0 Å². The summed E-state index contributed by atoms with van der Waals surface area (Å²) in [6.07, 6.45) is -0.646. The fraction of sp³-hybridized carbons (Fsp3) is 0.529. The van der Waals surface area contributed by atoms with Crippen molar-refractivity contribution in [1.29, 1.82) is 0 Å². The van der Waals surface area contributed by atoms with E-state index in [1.165, 1.54) is 0 Å². The lowest BCUT2D eigenvalue weighted by atomic mass is 10.1. The van der Waals surface area contributed by atoms with Crippen LogP contribution in [0.25, 0.3) is 10.9 Å². The molecule has 1 heterocycles. The molecule has 0 saturated heterocycles. The van der Waals surface area contributed by atoms with Crippen LogP contribution in [0.15, 0.2) is 24.4 Å². The van der Waals surface area contributed by atoms with E-state index in [0.29, 0.717) is 16.7 Å². The highest BCUT2D eigenvalue weighted by molar-refractivity contribution is 5.85. The second-order valence-electron chi connectivity index (χ2n) is 5.45. The Labute approximate surface area is 139 Å². The molecule has 0 bridgehead atoms. The minimum absolute atomic E-state index is 0. The Morgan fingerprint density at radius 2 is 1.90 bits per heavy atom. The number of hydrogen-bond donors (Lipinski definition) is 1. The first-order valence-electron chi connectivity index (χ1n) is 8.98. The molecule has 0 unspecified atom stereocenters. The number of benzene rings is 1. The van der Waals surface area contributed by atoms with Gasteiger partial charge in [-0.05, 0) is 57.8 Å². The van der Waals surface area contributed by atoms with Crippen LogP contribution in [0.1, 0.15) is 38.7 Å². The number of halogens is 1. The third-order valence-electron chi connectivity index (χ3n) is 3.32. The molecule has 0 fully saturated rings. The molecule has 0 aliphatic heterocycles. The average molecular weight is 315 g/mol. The molecule has 0 saturated carbocycles. The molecule has 0 spiro atoms. The lowest BCUT2D eigenvalue weighted by Gasteiger charge is -2.30. The number of nitrogens with one attached hydrogen (secondary N) is 1. The second kappa shape index (κ2) is 7.71. The van der Waals surface area contributed by atoms with Gasteiger partial charge in [-0.3, -0.25) is 4.90 Å². The van der Waals surface area contributed by atoms with E-state index in [1.807, 2.05) is 33.8 Å². The molecule has 3 nitrogen and oxygen atoms in total. The fourth-order valence-electron chi connectivity index (χ4n) is 2.31. The Balaban J connectivity index is 0.00000312. The van der Waals surface area contributed by atoms with Crippen LogP contribution in [0.5, 0.6) is 5.75 Å².